The highest BCUT2D eigenvalue weighted by Gasteiger charge is 2.41. The van der Waals surface area contributed by atoms with Crippen molar-refractivity contribution in [3.63, 3.8) is 0 Å². The molecule has 0 amide bonds. The van der Waals surface area contributed by atoms with Crippen LogP contribution in [0.15, 0.2) is 30.3 Å². The molecule has 2 aliphatic rings. The van der Waals surface area contributed by atoms with Gasteiger partial charge in [-0.25, -0.2) is 0 Å². The number of ether oxygens (including phenoxy) is 3. The quantitative estimate of drug-likeness (QED) is 0.818. The number of hydrogen-bond acceptors (Lipinski definition) is 4. The molecular formula is C17H25NO3. The lowest BCUT2D eigenvalue weighted by Gasteiger charge is -2.31. The first kappa shape index (κ1) is 14.8. The van der Waals surface area contributed by atoms with Gasteiger partial charge in [-0.15, -0.1) is 0 Å². The number of para-hydroxylation sites is 1. The lowest BCUT2D eigenvalue weighted by Crippen LogP contribution is -2.36. The van der Waals surface area contributed by atoms with Crippen molar-refractivity contribution in [3.05, 3.63) is 30.3 Å². The molecule has 1 N–H and O–H groups in total. The first-order valence-corrected chi connectivity index (χ1v) is 8.07. The Morgan fingerprint density at radius 2 is 1.95 bits per heavy atom. The maximum atomic E-state index is 6.13. The number of nitrogens with one attached hydrogen (secondary N) is 1. The zero-order valence-corrected chi connectivity index (χ0v) is 12.6. The second-order valence-corrected chi connectivity index (χ2v) is 5.89. The van der Waals surface area contributed by atoms with E-state index >= 15 is 0 Å². The third-order valence-corrected chi connectivity index (χ3v) is 4.19. The van der Waals surface area contributed by atoms with Gasteiger partial charge in [-0.2, -0.15) is 0 Å². The number of rotatable bonds is 6. The van der Waals surface area contributed by atoms with Crippen molar-refractivity contribution in [1.29, 1.82) is 0 Å². The third kappa shape index (κ3) is 4.19. The molecule has 4 heteroatoms. The summed E-state index contributed by atoms with van der Waals surface area (Å²) >= 11 is 0. The van der Waals surface area contributed by atoms with Crippen LogP contribution in [-0.4, -0.2) is 38.2 Å². The van der Waals surface area contributed by atoms with E-state index in [0.717, 1.165) is 31.7 Å². The Labute approximate surface area is 126 Å². The zero-order valence-electron chi connectivity index (χ0n) is 12.6. The Hall–Kier alpha value is -1.10. The normalized spacial score (nSPS) is 24.3. The minimum absolute atomic E-state index is 0.180. The smallest absolute Gasteiger partial charge is 0.168 e. The summed E-state index contributed by atoms with van der Waals surface area (Å²) in [6.45, 7) is 3.04. The highest BCUT2D eigenvalue weighted by Crippen LogP contribution is 2.37. The van der Waals surface area contributed by atoms with Gasteiger partial charge in [0.2, 0.25) is 0 Å². The summed E-state index contributed by atoms with van der Waals surface area (Å²) in [5.41, 5.74) is 0. The summed E-state index contributed by atoms with van der Waals surface area (Å²) in [4.78, 5) is 0. The molecule has 1 spiro atoms. The first-order valence-electron chi connectivity index (χ1n) is 8.07. The van der Waals surface area contributed by atoms with Crippen LogP contribution in [0.1, 0.15) is 32.1 Å². The standard InChI is InChI=1S/C17H25NO3/c1-3-7-15(8-4-1)19-12-11-18-13-16-14-20-17(21-16)9-5-2-6-10-17/h1,3-4,7-8,16,18H,2,5-6,9-14H2/t16-/m0/s1. The molecule has 1 heterocycles. The molecule has 0 aromatic heterocycles. The fraction of sp³-hybridized carbons (Fsp3) is 0.647. The van der Waals surface area contributed by atoms with Gasteiger partial charge >= 0.3 is 0 Å². The number of benzene rings is 1. The van der Waals surface area contributed by atoms with Crippen molar-refractivity contribution >= 4 is 0 Å². The Morgan fingerprint density at radius 3 is 2.76 bits per heavy atom. The molecule has 2 fully saturated rings. The fourth-order valence-electron chi connectivity index (χ4n) is 3.09. The van der Waals surface area contributed by atoms with E-state index in [1.165, 1.54) is 19.3 Å². The van der Waals surface area contributed by atoms with Crippen LogP contribution in [0.2, 0.25) is 0 Å². The molecule has 21 heavy (non-hydrogen) atoms. The lowest BCUT2D eigenvalue weighted by molar-refractivity contribution is -0.186. The largest absolute Gasteiger partial charge is 0.492 e. The Morgan fingerprint density at radius 1 is 1.14 bits per heavy atom. The van der Waals surface area contributed by atoms with Crippen LogP contribution >= 0.6 is 0 Å². The second kappa shape index (κ2) is 7.25. The molecule has 0 radical (unpaired) electrons. The topological polar surface area (TPSA) is 39.7 Å². The molecule has 1 aromatic rings. The van der Waals surface area contributed by atoms with E-state index in [9.17, 15) is 0 Å². The highest BCUT2D eigenvalue weighted by molar-refractivity contribution is 5.20. The van der Waals surface area contributed by atoms with E-state index in [1.54, 1.807) is 0 Å². The van der Waals surface area contributed by atoms with E-state index in [1.807, 2.05) is 30.3 Å². The molecule has 0 bridgehead atoms. The van der Waals surface area contributed by atoms with Crippen LogP contribution < -0.4 is 10.1 Å². The average Bonchev–Trinajstić information content (AvgIpc) is 2.91. The van der Waals surface area contributed by atoms with Crippen LogP contribution in [0.3, 0.4) is 0 Å². The molecule has 1 atom stereocenters. The van der Waals surface area contributed by atoms with Gasteiger partial charge in [0.15, 0.2) is 5.79 Å². The van der Waals surface area contributed by atoms with Gasteiger partial charge in [0.05, 0.1) is 12.7 Å². The van der Waals surface area contributed by atoms with Gasteiger partial charge in [0.25, 0.3) is 0 Å². The van der Waals surface area contributed by atoms with Crippen LogP contribution in [0.25, 0.3) is 0 Å². The van der Waals surface area contributed by atoms with E-state index in [0.29, 0.717) is 13.2 Å². The summed E-state index contributed by atoms with van der Waals surface area (Å²) in [5.74, 6) is 0.659. The molecule has 116 valence electrons. The van der Waals surface area contributed by atoms with Gasteiger partial charge in [0, 0.05) is 25.9 Å². The molecule has 1 aliphatic carbocycles. The zero-order chi connectivity index (χ0) is 14.4. The second-order valence-electron chi connectivity index (χ2n) is 5.89. The predicted molar refractivity (Wildman–Crippen MR) is 81.4 cm³/mol. The van der Waals surface area contributed by atoms with Crippen molar-refractivity contribution in [2.75, 3.05) is 26.3 Å². The third-order valence-electron chi connectivity index (χ3n) is 4.19. The van der Waals surface area contributed by atoms with Gasteiger partial charge in [-0.05, 0) is 25.0 Å². The molecular weight excluding hydrogens is 266 g/mol. The highest BCUT2D eigenvalue weighted by atomic mass is 16.7. The van der Waals surface area contributed by atoms with Crippen LogP contribution in [0, 0.1) is 0 Å². The monoisotopic (exact) mass is 291 g/mol. The van der Waals surface area contributed by atoms with Crippen LogP contribution in [0.4, 0.5) is 0 Å². The molecule has 1 aromatic carbocycles. The van der Waals surface area contributed by atoms with E-state index < -0.39 is 0 Å². The van der Waals surface area contributed by atoms with Crippen molar-refractivity contribution in [2.24, 2.45) is 0 Å². The van der Waals surface area contributed by atoms with Gasteiger partial charge in [-0.1, -0.05) is 24.6 Å². The van der Waals surface area contributed by atoms with Crippen LogP contribution in [0.5, 0.6) is 5.75 Å². The molecule has 3 rings (SSSR count). The summed E-state index contributed by atoms with van der Waals surface area (Å²) in [7, 11) is 0. The van der Waals surface area contributed by atoms with E-state index in [2.05, 4.69) is 5.32 Å². The van der Waals surface area contributed by atoms with Gasteiger partial charge in [0.1, 0.15) is 12.4 Å². The van der Waals surface area contributed by atoms with Crippen molar-refractivity contribution in [2.45, 2.75) is 44.0 Å². The maximum Gasteiger partial charge on any atom is 0.168 e. The first-order chi connectivity index (χ1) is 10.4. The van der Waals surface area contributed by atoms with Crippen molar-refractivity contribution in [1.82, 2.24) is 5.32 Å². The number of hydrogen-bond donors (Lipinski definition) is 1. The average molecular weight is 291 g/mol. The van der Waals surface area contributed by atoms with E-state index in [-0.39, 0.29) is 11.9 Å². The van der Waals surface area contributed by atoms with Crippen molar-refractivity contribution < 1.29 is 14.2 Å². The minimum Gasteiger partial charge on any atom is -0.492 e. The lowest BCUT2D eigenvalue weighted by atomic mass is 9.94. The molecule has 4 nitrogen and oxygen atoms in total. The molecule has 1 saturated carbocycles. The van der Waals surface area contributed by atoms with Gasteiger partial charge in [-0.3, -0.25) is 0 Å². The Balaban J connectivity index is 1.30. The Kier molecular flexibility index (Phi) is 5.12. The molecule has 1 saturated heterocycles. The molecule has 0 unspecified atom stereocenters. The van der Waals surface area contributed by atoms with Crippen molar-refractivity contribution in [3.8, 4) is 5.75 Å². The summed E-state index contributed by atoms with van der Waals surface area (Å²) in [6.07, 6.45) is 6.06. The summed E-state index contributed by atoms with van der Waals surface area (Å²) in [6, 6.07) is 9.90. The summed E-state index contributed by atoms with van der Waals surface area (Å²) in [5, 5.41) is 3.39. The fourth-order valence-corrected chi connectivity index (χ4v) is 3.09. The predicted octanol–water partition coefficient (Wildman–Crippen LogP) is 2.73. The van der Waals surface area contributed by atoms with Crippen LogP contribution in [-0.2, 0) is 9.47 Å². The molecule has 1 aliphatic heterocycles. The Bertz CT molecular complexity index is 417. The maximum absolute atomic E-state index is 6.13. The summed E-state index contributed by atoms with van der Waals surface area (Å²) < 4.78 is 17.7. The minimum atomic E-state index is -0.259. The van der Waals surface area contributed by atoms with E-state index in [4.69, 9.17) is 14.2 Å². The SMILES string of the molecule is c1ccc(OCCNC[C@H]2COC3(CCCCC3)O2)cc1. The van der Waals surface area contributed by atoms with Gasteiger partial charge < -0.3 is 19.5 Å².